The number of anilines is 1. The highest BCUT2D eigenvalue weighted by Gasteiger charge is 2.18. The summed E-state index contributed by atoms with van der Waals surface area (Å²) in [6.07, 6.45) is 2.53. The van der Waals surface area contributed by atoms with Gasteiger partial charge in [-0.1, -0.05) is 11.6 Å². The second-order valence-electron chi connectivity index (χ2n) is 3.93. The second kappa shape index (κ2) is 5.84. The monoisotopic (exact) mass is 312 g/mol. The van der Waals surface area contributed by atoms with E-state index in [1.165, 1.54) is 18.5 Å². The molecule has 0 spiro atoms. The van der Waals surface area contributed by atoms with Gasteiger partial charge in [-0.05, 0) is 12.1 Å². The molecule has 0 fully saturated rings. The molecule has 1 aromatic heterocycles. The maximum absolute atomic E-state index is 13.2. The first-order valence-corrected chi connectivity index (χ1v) is 5.91. The lowest BCUT2D eigenvalue weighted by Crippen LogP contribution is -2.16. The minimum Gasteiger partial charge on any atom is -0.478 e. The molecule has 1 aromatic carbocycles. The van der Waals surface area contributed by atoms with Crippen molar-refractivity contribution in [1.82, 2.24) is 4.98 Å². The summed E-state index contributed by atoms with van der Waals surface area (Å²) in [4.78, 5) is 26.7. The maximum Gasteiger partial charge on any atom is 0.337 e. The van der Waals surface area contributed by atoms with Crippen LogP contribution < -0.4 is 5.32 Å². The van der Waals surface area contributed by atoms with Gasteiger partial charge >= 0.3 is 5.97 Å². The molecule has 0 aliphatic heterocycles. The van der Waals surface area contributed by atoms with Gasteiger partial charge in [-0.3, -0.25) is 9.78 Å². The molecule has 0 bridgehead atoms. The molecule has 8 heteroatoms. The molecule has 0 radical (unpaired) electrons. The molecule has 21 heavy (non-hydrogen) atoms. The SMILES string of the molecule is O=C(Nc1cc(F)c(F)cc1C(=O)O)c1ccncc1Cl. The summed E-state index contributed by atoms with van der Waals surface area (Å²) in [5.41, 5.74) is -0.931. The number of carboxylic acids is 1. The summed E-state index contributed by atoms with van der Waals surface area (Å²) in [7, 11) is 0. The summed E-state index contributed by atoms with van der Waals surface area (Å²) < 4.78 is 26.3. The minimum absolute atomic E-state index is 0.0211. The Morgan fingerprint density at radius 1 is 1.19 bits per heavy atom. The number of pyridine rings is 1. The van der Waals surface area contributed by atoms with Crippen LogP contribution in [-0.4, -0.2) is 22.0 Å². The molecule has 1 amide bonds. The first kappa shape index (κ1) is 14.9. The Morgan fingerprint density at radius 3 is 2.48 bits per heavy atom. The van der Waals surface area contributed by atoms with E-state index < -0.39 is 29.1 Å². The quantitative estimate of drug-likeness (QED) is 0.913. The lowest BCUT2D eigenvalue weighted by molar-refractivity contribution is 0.0697. The van der Waals surface area contributed by atoms with E-state index in [-0.39, 0.29) is 16.3 Å². The van der Waals surface area contributed by atoms with Crippen LogP contribution in [0, 0.1) is 11.6 Å². The average Bonchev–Trinajstić information content (AvgIpc) is 2.42. The van der Waals surface area contributed by atoms with Crippen molar-refractivity contribution in [2.24, 2.45) is 0 Å². The number of aromatic carboxylic acids is 1. The van der Waals surface area contributed by atoms with Crippen molar-refractivity contribution >= 4 is 29.2 Å². The summed E-state index contributed by atoms with van der Waals surface area (Å²) in [6, 6.07) is 2.38. The van der Waals surface area contributed by atoms with Crippen molar-refractivity contribution in [2.75, 3.05) is 5.32 Å². The normalized spacial score (nSPS) is 10.2. The number of hydrogen-bond acceptors (Lipinski definition) is 3. The molecule has 0 saturated heterocycles. The highest BCUT2D eigenvalue weighted by molar-refractivity contribution is 6.34. The summed E-state index contributed by atoms with van der Waals surface area (Å²) in [5.74, 6) is -4.88. The molecule has 2 rings (SSSR count). The van der Waals surface area contributed by atoms with Gasteiger partial charge in [0.15, 0.2) is 11.6 Å². The van der Waals surface area contributed by atoms with E-state index in [1.54, 1.807) is 0 Å². The molecule has 0 aliphatic rings. The van der Waals surface area contributed by atoms with E-state index in [4.69, 9.17) is 16.7 Å². The highest BCUT2D eigenvalue weighted by atomic mass is 35.5. The number of amides is 1. The zero-order valence-corrected chi connectivity index (χ0v) is 11.0. The number of rotatable bonds is 3. The highest BCUT2D eigenvalue weighted by Crippen LogP contribution is 2.22. The van der Waals surface area contributed by atoms with Gasteiger partial charge in [0, 0.05) is 18.5 Å². The maximum atomic E-state index is 13.2. The predicted molar refractivity (Wildman–Crippen MR) is 70.5 cm³/mol. The van der Waals surface area contributed by atoms with Gasteiger partial charge in [-0.15, -0.1) is 0 Å². The summed E-state index contributed by atoms with van der Waals surface area (Å²) in [6.45, 7) is 0. The predicted octanol–water partition coefficient (Wildman–Crippen LogP) is 2.96. The smallest absolute Gasteiger partial charge is 0.337 e. The van der Waals surface area contributed by atoms with E-state index >= 15 is 0 Å². The van der Waals surface area contributed by atoms with Gasteiger partial charge in [0.1, 0.15) is 0 Å². The van der Waals surface area contributed by atoms with Crippen molar-refractivity contribution in [2.45, 2.75) is 0 Å². The Bertz CT molecular complexity index is 737. The zero-order valence-electron chi connectivity index (χ0n) is 10.2. The molecular weight excluding hydrogens is 306 g/mol. The van der Waals surface area contributed by atoms with Gasteiger partial charge in [-0.2, -0.15) is 0 Å². The number of benzene rings is 1. The molecular formula is C13H7ClF2N2O3. The van der Waals surface area contributed by atoms with E-state index in [0.29, 0.717) is 12.1 Å². The van der Waals surface area contributed by atoms with Crippen molar-refractivity contribution in [3.05, 3.63) is 58.4 Å². The molecule has 5 nitrogen and oxygen atoms in total. The molecule has 2 N–H and O–H groups in total. The first-order chi connectivity index (χ1) is 9.90. The van der Waals surface area contributed by atoms with Crippen molar-refractivity contribution < 1.29 is 23.5 Å². The number of aromatic nitrogens is 1. The van der Waals surface area contributed by atoms with Gasteiger partial charge < -0.3 is 10.4 Å². The van der Waals surface area contributed by atoms with Crippen LogP contribution in [0.1, 0.15) is 20.7 Å². The van der Waals surface area contributed by atoms with E-state index in [0.717, 1.165) is 0 Å². The first-order valence-electron chi connectivity index (χ1n) is 5.53. The van der Waals surface area contributed by atoms with Gasteiger partial charge in [-0.25, -0.2) is 13.6 Å². The zero-order chi connectivity index (χ0) is 15.6. The number of carboxylic acid groups (broad SMARTS) is 1. The lowest BCUT2D eigenvalue weighted by atomic mass is 10.1. The van der Waals surface area contributed by atoms with Crippen LogP contribution in [0.2, 0.25) is 5.02 Å². The third kappa shape index (κ3) is 3.14. The van der Waals surface area contributed by atoms with Gasteiger partial charge in [0.25, 0.3) is 5.91 Å². The summed E-state index contributed by atoms with van der Waals surface area (Å²) >= 11 is 5.77. The number of carbonyl (C=O) groups is 2. The third-order valence-corrected chi connectivity index (χ3v) is 2.86. The Hall–Kier alpha value is -2.54. The topological polar surface area (TPSA) is 79.3 Å². The van der Waals surface area contributed by atoms with Crippen LogP contribution in [0.5, 0.6) is 0 Å². The van der Waals surface area contributed by atoms with E-state index in [9.17, 15) is 18.4 Å². The Kier molecular flexibility index (Phi) is 4.13. The second-order valence-corrected chi connectivity index (χ2v) is 4.33. The Morgan fingerprint density at radius 2 is 1.86 bits per heavy atom. The number of hydrogen-bond donors (Lipinski definition) is 2. The molecule has 0 saturated carbocycles. The third-order valence-electron chi connectivity index (χ3n) is 2.56. The van der Waals surface area contributed by atoms with Crippen molar-refractivity contribution in [1.29, 1.82) is 0 Å². The van der Waals surface area contributed by atoms with Crippen molar-refractivity contribution in [3.8, 4) is 0 Å². The number of halogens is 3. The largest absolute Gasteiger partial charge is 0.478 e. The van der Waals surface area contributed by atoms with Crippen LogP contribution in [0.4, 0.5) is 14.5 Å². The van der Waals surface area contributed by atoms with Crippen LogP contribution >= 0.6 is 11.6 Å². The van der Waals surface area contributed by atoms with Crippen LogP contribution in [0.15, 0.2) is 30.6 Å². The molecule has 2 aromatic rings. The fraction of sp³-hybridized carbons (Fsp3) is 0. The Balaban J connectivity index is 2.40. The molecule has 0 aliphatic carbocycles. The van der Waals surface area contributed by atoms with E-state index in [1.807, 2.05) is 0 Å². The summed E-state index contributed by atoms with van der Waals surface area (Å²) in [5, 5.41) is 11.2. The van der Waals surface area contributed by atoms with Gasteiger partial charge in [0.05, 0.1) is 21.8 Å². The number of nitrogens with zero attached hydrogens (tertiary/aromatic N) is 1. The van der Waals surface area contributed by atoms with Crippen molar-refractivity contribution in [3.63, 3.8) is 0 Å². The minimum atomic E-state index is -1.51. The standard InChI is InChI=1S/C13H7ClF2N2O3/c14-8-5-17-2-1-6(8)12(19)18-11-4-10(16)9(15)3-7(11)13(20)21/h1-5H,(H,18,19)(H,20,21). The lowest BCUT2D eigenvalue weighted by Gasteiger charge is -2.10. The van der Waals surface area contributed by atoms with E-state index in [2.05, 4.69) is 10.3 Å². The molecule has 1 heterocycles. The van der Waals surface area contributed by atoms with Crippen LogP contribution in [0.3, 0.4) is 0 Å². The average molecular weight is 313 g/mol. The Labute approximate surface area is 122 Å². The molecule has 0 atom stereocenters. The van der Waals surface area contributed by atoms with Crippen LogP contribution in [-0.2, 0) is 0 Å². The van der Waals surface area contributed by atoms with Crippen LogP contribution in [0.25, 0.3) is 0 Å². The molecule has 108 valence electrons. The number of carbonyl (C=O) groups excluding carboxylic acids is 1. The fourth-order valence-electron chi connectivity index (χ4n) is 1.58. The fourth-order valence-corrected chi connectivity index (χ4v) is 1.78. The van der Waals surface area contributed by atoms with Gasteiger partial charge in [0.2, 0.25) is 0 Å². The number of nitrogens with one attached hydrogen (secondary N) is 1. The molecule has 0 unspecified atom stereocenters.